The maximum absolute atomic E-state index is 12.3. The van der Waals surface area contributed by atoms with E-state index in [0.717, 1.165) is 13.1 Å². The van der Waals surface area contributed by atoms with Crippen LogP contribution in [0.4, 0.5) is 0 Å². The third kappa shape index (κ3) is 3.75. The molecule has 6 nitrogen and oxygen atoms in total. The molecule has 108 valence electrons. The number of rotatable bonds is 4. The number of hydrazine groups is 1. The number of aliphatic hydroxyl groups excluding tert-OH is 1. The zero-order valence-corrected chi connectivity index (χ0v) is 13.7. The zero-order chi connectivity index (χ0) is 14.0. The largest absolute Gasteiger partial charge is 0.391 e. The van der Waals surface area contributed by atoms with Crippen LogP contribution in [0.15, 0.2) is 14.7 Å². The van der Waals surface area contributed by atoms with E-state index >= 15 is 0 Å². The Bertz CT molecular complexity index is 538. The van der Waals surface area contributed by atoms with Crippen molar-refractivity contribution in [2.24, 2.45) is 0 Å². The molecule has 1 aromatic rings. The summed E-state index contributed by atoms with van der Waals surface area (Å²) in [6.07, 6.45) is 0. The number of piperazine rings is 1. The number of nitrogens with zero attached hydrogens (tertiary/aromatic N) is 2. The summed E-state index contributed by atoms with van der Waals surface area (Å²) < 4.78 is 25.0. The molecule has 2 heterocycles. The summed E-state index contributed by atoms with van der Waals surface area (Å²) in [6.45, 7) is 2.81. The Balaban J connectivity index is 2.11. The second kappa shape index (κ2) is 6.17. The van der Waals surface area contributed by atoms with Gasteiger partial charge in [0.15, 0.2) is 0 Å². The van der Waals surface area contributed by atoms with Crippen molar-refractivity contribution < 1.29 is 13.5 Å². The van der Waals surface area contributed by atoms with Crippen molar-refractivity contribution >= 4 is 37.3 Å². The Morgan fingerprint density at radius 1 is 1.42 bits per heavy atom. The Morgan fingerprint density at radius 3 is 2.58 bits per heavy atom. The lowest BCUT2D eigenvalue weighted by Crippen LogP contribution is -2.52. The second-order valence-corrected chi connectivity index (χ2v) is 8.48. The van der Waals surface area contributed by atoms with Crippen molar-refractivity contribution in [3.63, 3.8) is 0 Å². The van der Waals surface area contributed by atoms with E-state index in [2.05, 4.69) is 25.7 Å². The van der Waals surface area contributed by atoms with Gasteiger partial charge in [-0.15, -0.1) is 16.2 Å². The molecule has 1 aliphatic rings. The van der Waals surface area contributed by atoms with Crippen molar-refractivity contribution in [3.8, 4) is 0 Å². The van der Waals surface area contributed by atoms with Crippen molar-refractivity contribution in [2.75, 3.05) is 33.2 Å². The summed E-state index contributed by atoms with van der Waals surface area (Å²) in [5.74, 6) is 0. The molecule has 0 saturated carbocycles. The molecule has 1 aliphatic heterocycles. The summed E-state index contributed by atoms with van der Waals surface area (Å²) in [6, 6.07) is 1.49. The molecule has 0 bridgehead atoms. The van der Waals surface area contributed by atoms with Gasteiger partial charge in [-0.25, -0.2) is 13.4 Å². The maximum Gasteiger partial charge on any atom is 0.255 e. The number of aliphatic hydroxyl groups is 1. The third-order valence-electron chi connectivity index (χ3n) is 2.90. The van der Waals surface area contributed by atoms with Crippen molar-refractivity contribution in [2.45, 2.75) is 11.5 Å². The molecule has 9 heteroatoms. The van der Waals surface area contributed by atoms with E-state index in [-0.39, 0.29) is 11.5 Å². The van der Waals surface area contributed by atoms with Gasteiger partial charge >= 0.3 is 0 Å². The van der Waals surface area contributed by atoms with Crippen molar-refractivity contribution in [1.29, 1.82) is 0 Å². The van der Waals surface area contributed by atoms with E-state index in [1.807, 2.05) is 7.05 Å². The predicted molar refractivity (Wildman–Crippen MR) is 77.3 cm³/mol. The first-order valence-corrected chi connectivity index (χ1v) is 8.86. The molecule has 2 N–H and O–H groups in total. The molecule has 0 aromatic carbocycles. The van der Waals surface area contributed by atoms with Crippen LogP contribution in [-0.4, -0.2) is 56.7 Å². The number of hydrogen-bond donors (Lipinski definition) is 2. The smallest absolute Gasteiger partial charge is 0.255 e. The molecule has 0 spiro atoms. The molecule has 1 saturated heterocycles. The number of sulfonamides is 1. The van der Waals surface area contributed by atoms with Gasteiger partial charge in [0.2, 0.25) is 0 Å². The van der Waals surface area contributed by atoms with E-state index < -0.39 is 10.0 Å². The van der Waals surface area contributed by atoms with E-state index in [4.69, 9.17) is 5.11 Å². The van der Waals surface area contributed by atoms with Crippen LogP contribution in [0.3, 0.4) is 0 Å². The van der Waals surface area contributed by atoms with Gasteiger partial charge in [-0.3, -0.25) is 0 Å². The highest BCUT2D eigenvalue weighted by atomic mass is 79.9. The second-order valence-electron chi connectivity index (χ2n) is 4.39. The van der Waals surface area contributed by atoms with E-state index in [9.17, 15) is 8.42 Å². The standard InChI is InChI=1S/C10H16BrN3O3S2/c1-13-2-4-14(5-3-13)12-19(16,17)9-6-8(7-15)18-10(9)11/h6,12,15H,2-5,7H2,1H3. The molecule has 0 unspecified atom stereocenters. The minimum absolute atomic E-state index is 0.159. The first kappa shape index (κ1) is 15.4. The Morgan fingerprint density at radius 2 is 2.05 bits per heavy atom. The molecule has 1 aromatic heterocycles. The lowest BCUT2D eigenvalue weighted by molar-refractivity contribution is 0.135. The first-order chi connectivity index (χ1) is 8.92. The summed E-state index contributed by atoms with van der Waals surface area (Å²) in [4.78, 5) is 5.53. The average molecular weight is 370 g/mol. The van der Waals surface area contributed by atoms with Gasteiger partial charge in [0.1, 0.15) is 4.90 Å². The number of likely N-dealkylation sites (N-methyl/N-ethyl adjacent to an activating group) is 1. The average Bonchev–Trinajstić information content (AvgIpc) is 2.74. The highest BCUT2D eigenvalue weighted by Crippen LogP contribution is 2.31. The molecule has 0 radical (unpaired) electrons. The van der Waals surface area contributed by atoms with E-state index in [1.165, 1.54) is 17.4 Å². The van der Waals surface area contributed by atoms with Gasteiger partial charge in [-0.05, 0) is 29.0 Å². The van der Waals surface area contributed by atoms with Gasteiger partial charge in [0.25, 0.3) is 10.0 Å². The zero-order valence-electron chi connectivity index (χ0n) is 10.5. The first-order valence-electron chi connectivity index (χ1n) is 5.77. The minimum atomic E-state index is -3.59. The lowest BCUT2D eigenvalue weighted by atomic mass is 10.4. The van der Waals surface area contributed by atoms with Crippen LogP contribution in [0, 0.1) is 0 Å². The Labute approximate surface area is 125 Å². The molecule has 19 heavy (non-hydrogen) atoms. The van der Waals surface area contributed by atoms with Crippen LogP contribution in [-0.2, 0) is 16.6 Å². The van der Waals surface area contributed by atoms with E-state index in [1.54, 1.807) is 5.01 Å². The number of nitrogens with one attached hydrogen (secondary N) is 1. The SMILES string of the molecule is CN1CCN(NS(=O)(=O)c2cc(CO)sc2Br)CC1. The summed E-state index contributed by atoms with van der Waals surface area (Å²) in [7, 11) is -1.58. The van der Waals surface area contributed by atoms with Gasteiger partial charge in [0.05, 0.1) is 10.4 Å². The highest BCUT2D eigenvalue weighted by Gasteiger charge is 2.25. The molecule has 0 atom stereocenters. The van der Waals surface area contributed by atoms with Crippen LogP contribution in [0.25, 0.3) is 0 Å². The van der Waals surface area contributed by atoms with Gasteiger partial charge in [-0.1, -0.05) is 0 Å². The quantitative estimate of drug-likeness (QED) is 0.805. The fraction of sp³-hybridized carbons (Fsp3) is 0.600. The summed E-state index contributed by atoms with van der Waals surface area (Å²) in [5.41, 5.74) is 0. The number of thiophene rings is 1. The lowest BCUT2D eigenvalue weighted by Gasteiger charge is -2.32. The predicted octanol–water partition coefficient (Wildman–Crippen LogP) is 0.444. The fourth-order valence-electron chi connectivity index (χ4n) is 1.78. The Hall–Kier alpha value is -0.0300. The molecule has 2 rings (SSSR count). The molecule has 0 amide bonds. The van der Waals surface area contributed by atoms with Crippen molar-refractivity contribution in [3.05, 3.63) is 14.7 Å². The Kier molecular flexibility index (Phi) is 4.99. The summed E-state index contributed by atoms with van der Waals surface area (Å²) in [5, 5.41) is 10.8. The molecule has 0 aliphatic carbocycles. The normalized spacial score (nSPS) is 18.9. The van der Waals surface area contributed by atoms with Gasteiger partial charge in [0, 0.05) is 31.1 Å². The minimum Gasteiger partial charge on any atom is -0.391 e. The van der Waals surface area contributed by atoms with Crippen LogP contribution < -0.4 is 4.83 Å². The van der Waals surface area contributed by atoms with Crippen LogP contribution >= 0.6 is 27.3 Å². The topological polar surface area (TPSA) is 72.9 Å². The van der Waals surface area contributed by atoms with Crippen LogP contribution in [0.1, 0.15) is 4.88 Å². The highest BCUT2D eigenvalue weighted by molar-refractivity contribution is 9.11. The number of halogens is 1. The molecule has 1 fully saturated rings. The van der Waals surface area contributed by atoms with Crippen molar-refractivity contribution in [1.82, 2.24) is 14.7 Å². The third-order valence-corrected chi connectivity index (χ3v) is 6.52. The van der Waals surface area contributed by atoms with Crippen LogP contribution in [0.2, 0.25) is 0 Å². The molecular weight excluding hydrogens is 354 g/mol. The van der Waals surface area contributed by atoms with E-state index in [0.29, 0.717) is 21.8 Å². The summed E-state index contributed by atoms with van der Waals surface area (Å²) >= 11 is 4.45. The van der Waals surface area contributed by atoms with Crippen LogP contribution in [0.5, 0.6) is 0 Å². The maximum atomic E-state index is 12.3. The van der Waals surface area contributed by atoms with Gasteiger partial charge in [-0.2, -0.15) is 0 Å². The molecular formula is C10H16BrN3O3S2. The number of hydrogen-bond acceptors (Lipinski definition) is 6. The monoisotopic (exact) mass is 369 g/mol. The van der Waals surface area contributed by atoms with Gasteiger partial charge < -0.3 is 10.0 Å². The fourth-order valence-corrected chi connectivity index (χ4v) is 5.44.